The summed E-state index contributed by atoms with van der Waals surface area (Å²) >= 11 is 1.42. The third-order valence-electron chi connectivity index (χ3n) is 5.17. The van der Waals surface area contributed by atoms with E-state index in [0.29, 0.717) is 11.4 Å². The monoisotopic (exact) mass is 407 g/mol. The molecule has 0 spiro atoms. The summed E-state index contributed by atoms with van der Waals surface area (Å²) < 4.78 is 0. The lowest BCUT2D eigenvalue weighted by molar-refractivity contribution is 0.0957. The number of thiazole rings is 1. The minimum atomic E-state index is -0.441. The van der Waals surface area contributed by atoms with Gasteiger partial charge in [-0.25, -0.2) is 4.98 Å². The fourth-order valence-electron chi connectivity index (χ4n) is 3.58. The third kappa shape index (κ3) is 4.83. The van der Waals surface area contributed by atoms with Crippen molar-refractivity contribution in [2.45, 2.75) is 38.8 Å². The highest BCUT2D eigenvalue weighted by molar-refractivity contribution is 7.13. The normalized spacial score (nSPS) is 15.4. The summed E-state index contributed by atoms with van der Waals surface area (Å²) in [6, 6.07) is 15.0. The highest BCUT2D eigenvalue weighted by Crippen LogP contribution is 2.29. The number of anilines is 1. The van der Waals surface area contributed by atoms with Crippen LogP contribution in [0.3, 0.4) is 0 Å². The van der Waals surface area contributed by atoms with Gasteiger partial charge in [0.25, 0.3) is 5.91 Å². The van der Waals surface area contributed by atoms with Gasteiger partial charge in [-0.3, -0.25) is 4.79 Å². The fraction of sp³-hybridized carbons (Fsp3) is 0.304. The molecule has 2 aromatic carbocycles. The molecule has 1 amide bonds. The molecule has 0 aliphatic carbocycles. The number of hydrogen-bond acceptors (Lipinski definition) is 5. The SMILES string of the molecule is Cc1ncc(C(=O)NCCCc2ccc(-c3ccc4c(c3)CCC(O)N4)cc2)s1. The van der Waals surface area contributed by atoms with Crippen LogP contribution in [0.15, 0.2) is 48.7 Å². The molecule has 29 heavy (non-hydrogen) atoms. The Bertz CT molecular complexity index is 998. The summed E-state index contributed by atoms with van der Waals surface area (Å²) in [5.74, 6) is -0.0413. The van der Waals surface area contributed by atoms with Crippen molar-refractivity contribution in [2.75, 3.05) is 11.9 Å². The lowest BCUT2D eigenvalue weighted by Gasteiger charge is -2.23. The number of hydrogen-bond donors (Lipinski definition) is 3. The molecule has 6 heteroatoms. The molecule has 1 aromatic heterocycles. The van der Waals surface area contributed by atoms with E-state index in [1.54, 1.807) is 6.20 Å². The van der Waals surface area contributed by atoms with Crippen LogP contribution in [0.4, 0.5) is 5.69 Å². The van der Waals surface area contributed by atoms with Crippen LogP contribution in [0.5, 0.6) is 0 Å². The number of aromatic nitrogens is 1. The number of fused-ring (bicyclic) bond motifs is 1. The Morgan fingerprint density at radius 2 is 2.03 bits per heavy atom. The summed E-state index contributed by atoms with van der Waals surface area (Å²) in [5, 5.41) is 16.7. The van der Waals surface area contributed by atoms with Crippen LogP contribution in [0.2, 0.25) is 0 Å². The van der Waals surface area contributed by atoms with Gasteiger partial charge in [-0.1, -0.05) is 30.3 Å². The summed E-state index contributed by atoms with van der Waals surface area (Å²) in [6.07, 6.45) is 4.65. The van der Waals surface area contributed by atoms with E-state index in [4.69, 9.17) is 0 Å². The van der Waals surface area contributed by atoms with Crippen LogP contribution < -0.4 is 10.6 Å². The minimum Gasteiger partial charge on any atom is -0.374 e. The molecule has 1 unspecified atom stereocenters. The average Bonchev–Trinajstić information content (AvgIpc) is 3.17. The van der Waals surface area contributed by atoms with E-state index >= 15 is 0 Å². The topological polar surface area (TPSA) is 74.2 Å². The van der Waals surface area contributed by atoms with E-state index in [9.17, 15) is 9.90 Å². The Kier molecular flexibility index (Phi) is 5.92. The van der Waals surface area contributed by atoms with Crippen molar-refractivity contribution in [3.63, 3.8) is 0 Å². The molecule has 0 fully saturated rings. The second kappa shape index (κ2) is 8.76. The summed E-state index contributed by atoms with van der Waals surface area (Å²) in [7, 11) is 0. The van der Waals surface area contributed by atoms with Crippen molar-refractivity contribution in [1.29, 1.82) is 0 Å². The zero-order valence-corrected chi connectivity index (χ0v) is 17.3. The molecule has 150 valence electrons. The number of aliphatic hydroxyl groups is 1. The van der Waals surface area contributed by atoms with Gasteiger partial charge in [0.05, 0.1) is 11.2 Å². The van der Waals surface area contributed by atoms with Gasteiger partial charge < -0.3 is 15.7 Å². The molecule has 3 N–H and O–H groups in total. The van der Waals surface area contributed by atoms with Crippen molar-refractivity contribution in [3.8, 4) is 11.1 Å². The maximum atomic E-state index is 12.0. The second-order valence-corrected chi connectivity index (χ2v) is 8.61. The molecule has 0 saturated heterocycles. The zero-order valence-electron chi connectivity index (χ0n) is 16.4. The van der Waals surface area contributed by atoms with Crippen molar-refractivity contribution in [3.05, 3.63) is 69.7 Å². The number of rotatable bonds is 6. The van der Waals surface area contributed by atoms with E-state index in [0.717, 1.165) is 36.4 Å². The number of amides is 1. The number of nitrogens with zero attached hydrogens (tertiary/aromatic N) is 1. The Morgan fingerprint density at radius 3 is 2.79 bits per heavy atom. The van der Waals surface area contributed by atoms with Crippen LogP contribution in [-0.2, 0) is 12.8 Å². The molecule has 3 aromatic rings. The molecule has 5 nitrogen and oxygen atoms in total. The number of carbonyl (C=O) groups excluding carboxylic acids is 1. The van der Waals surface area contributed by atoms with Crippen molar-refractivity contribution < 1.29 is 9.90 Å². The lowest BCUT2D eigenvalue weighted by atomic mass is 9.96. The van der Waals surface area contributed by atoms with Gasteiger partial charge in [0, 0.05) is 12.2 Å². The minimum absolute atomic E-state index is 0.0413. The van der Waals surface area contributed by atoms with Gasteiger partial charge >= 0.3 is 0 Å². The van der Waals surface area contributed by atoms with E-state index in [2.05, 4.69) is 52.0 Å². The van der Waals surface area contributed by atoms with Crippen molar-refractivity contribution >= 4 is 22.9 Å². The molecule has 0 saturated carbocycles. The summed E-state index contributed by atoms with van der Waals surface area (Å²) in [6.45, 7) is 2.55. The highest BCUT2D eigenvalue weighted by Gasteiger charge is 2.15. The largest absolute Gasteiger partial charge is 0.374 e. The van der Waals surface area contributed by atoms with Crippen LogP contribution in [0.25, 0.3) is 11.1 Å². The molecule has 1 aliphatic rings. The average molecular weight is 408 g/mol. The number of nitrogens with one attached hydrogen (secondary N) is 2. The molecule has 2 heterocycles. The zero-order chi connectivity index (χ0) is 20.2. The van der Waals surface area contributed by atoms with Crippen LogP contribution >= 0.6 is 11.3 Å². The summed E-state index contributed by atoms with van der Waals surface area (Å²) in [4.78, 5) is 16.8. The van der Waals surface area contributed by atoms with Crippen molar-refractivity contribution in [2.24, 2.45) is 0 Å². The molecule has 0 radical (unpaired) electrons. The number of carbonyl (C=O) groups is 1. The number of aliphatic hydroxyl groups excluding tert-OH is 1. The predicted molar refractivity (Wildman–Crippen MR) is 117 cm³/mol. The molecular formula is C23H25N3O2S. The molecule has 4 rings (SSSR count). The molecular weight excluding hydrogens is 382 g/mol. The first-order valence-corrected chi connectivity index (χ1v) is 10.8. The van der Waals surface area contributed by atoms with Crippen LogP contribution in [0.1, 0.15) is 38.6 Å². The fourth-order valence-corrected chi connectivity index (χ4v) is 4.27. The molecule has 1 atom stereocenters. The van der Waals surface area contributed by atoms with E-state index in [1.807, 2.05) is 13.0 Å². The smallest absolute Gasteiger partial charge is 0.263 e. The van der Waals surface area contributed by atoms with Gasteiger partial charge in [-0.2, -0.15) is 0 Å². The molecule has 0 bridgehead atoms. The first kappa shape index (κ1) is 19.6. The number of aryl methyl sites for hydroxylation is 3. The molecule has 1 aliphatic heterocycles. The van der Waals surface area contributed by atoms with Crippen molar-refractivity contribution in [1.82, 2.24) is 10.3 Å². The Morgan fingerprint density at radius 1 is 1.24 bits per heavy atom. The van der Waals surface area contributed by atoms with E-state index in [-0.39, 0.29) is 5.91 Å². The predicted octanol–water partition coefficient (Wildman–Crippen LogP) is 4.16. The third-order valence-corrected chi connectivity index (χ3v) is 6.09. The maximum absolute atomic E-state index is 12.0. The van der Waals surface area contributed by atoms with Crippen LogP contribution in [0, 0.1) is 6.92 Å². The second-order valence-electron chi connectivity index (χ2n) is 7.37. The van der Waals surface area contributed by atoms with Gasteiger partial charge in [0.1, 0.15) is 11.1 Å². The maximum Gasteiger partial charge on any atom is 0.263 e. The van der Waals surface area contributed by atoms with Gasteiger partial charge in [-0.15, -0.1) is 11.3 Å². The number of benzene rings is 2. The van der Waals surface area contributed by atoms with E-state index < -0.39 is 6.23 Å². The Balaban J connectivity index is 1.30. The van der Waals surface area contributed by atoms with E-state index in [1.165, 1.54) is 33.6 Å². The highest BCUT2D eigenvalue weighted by atomic mass is 32.1. The van der Waals surface area contributed by atoms with Gasteiger partial charge in [-0.05, 0) is 67.0 Å². The quantitative estimate of drug-likeness (QED) is 0.537. The van der Waals surface area contributed by atoms with Gasteiger partial charge in [0.2, 0.25) is 0 Å². The first-order chi connectivity index (χ1) is 14.1. The summed E-state index contributed by atoms with van der Waals surface area (Å²) in [5.41, 5.74) is 5.93. The lowest BCUT2D eigenvalue weighted by Crippen LogP contribution is -2.24. The van der Waals surface area contributed by atoms with Gasteiger partial charge in [0.15, 0.2) is 0 Å². The Hall–Kier alpha value is -2.70. The standard InChI is InChI=1S/C23H25N3O2S/c1-15-25-14-21(29-15)23(28)24-12-2-3-16-4-6-17(7-5-16)18-8-10-20-19(13-18)9-11-22(27)26-20/h4-8,10,13-14,22,26-27H,2-3,9,11-12H2,1H3,(H,24,28). The van der Waals surface area contributed by atoms with Crippen LogP contribution in [-0.4, -0.2) is 28.8 Å². The Labute approximate surface area is 174 Å². The first-order valence-electron chi connectivity index (χ1n) is 9.96.